The Kier molecular flexibility index (Phi) is 3.23. The lowest BCUT2D eigenvalue weighted by Gasteiger charge is -2.08. The number of nitrogens with zero attached hydrogens (tertiary/aromatic N) is 4. The summed E-state index contributed by atoms with van der Waals surface area (Å²) in [6.07, 6.45) is 1.41. The molecule has 2 heterocycles. The molecule has 0 aliphatic carbocycles. The number of benzene rings is 1. The van der Waals surface area contributed by atoms with Gasteiger partial charge in [-0.05, 0) is 34.1 Å². The number of aromatic nitrogens is 4. The van der Waals surface area contributed by atoms with Gasteiger partial charge in [-0.3, -0.25) is 4.57 Å². The van der Waals surface area contributed by atoms with Gasteiger partial charge in [-0.15, -0.1) is 0 Å². The number of halogens is 2. The Morgan fingerprint density at radius 3 is 2.85 bits per heavy atom. The van der Waals surface area contributed by atoms with E-state index < -0.39 is 0 Å². The van der Waals surface area contributed by atoms with Crippen molar-refractivity contribution in [3.8, 4) is 11.6 Å². The van der Waals surface area contributed by atoms with E-state index in [1.165, 1.54) is 13.4 Å². The normalized spacial score (nSPS) is 10.9. The Bertz CT molecular complexity index is 804. The van der Waals surface area contributed by atoms with Gasteiger partial charge >= 0.3 is 0 Å². The minimum atomic E-state index is 0.293. The zero-order chi connectivity index (χ0) is 14.3. The highest BCUT2D eigenvalue weighted by molar-refractivity contribution is 9.10. The fraction of sp³-hybridized carbons (Fsp3) is 0.0833. The second-order valence-electron chi connectivity index (χ2n) is 3.96. The fourth-order valence-corrected chi connectivity index (χ4v) is 2.80. The summed E-state index contributed by atoms with van der Waals surface area (Å²) in [6.45, 7) is 0. The van der Waals surface area contributed by atoms with Crippen molar-refractivity contribution in [1.29, 1.82) is 0 Å². The van der Waals surface area contributed by atoms with Crippen LogP contribution < -0.4 is 10.5 Å². The van der Waals surface area contributed by atoms with Crippen molar-refractivity contribution in [2.45, 2.75) is 0 Å². The van der Waals surface area contributed by atoms with Gasteiger partial charge in [0.25, 0.3) is 0 Å². The zero-order valence-corrected chi connectivity index (χ0v) is 12.7. The molecule has 0 fully saturated rings. The fourth-order valence-electron chi connectivity index (χ4n) is 1.94. The highest BCUT2D eigenvalue weighted by Crippen LogP contribution is 2.31. The van der Waals surface area contributed by atoms with Crippen molar-refractivity contribution in [3.05, 3.63) is 34.0 Å². The minimum Gasteiger partial charge on any atom is -0.479 e. The predicted molar refractivity (Wildman–Crippen MR) is 80.3 cm³/mol. The van der Waals surface area contributed by atoms with E-state index >= 15 is 0 Å². The second kappa shape index (κ2) is 4.92. The van der Waals surface area contributed by atoms with Crippen LogP contribution in [0.15, 0.2) is 29.0 Å². The summed E-state index contributed by atoms with van der Waals surface area (Å²) < 4.78 is 7.66. The Hall–Kier alpha value is -1.86. The van der Waals surface area contributed by atoms with Gasteiger partial charge in [0.05, 0.1) is 12.8 Å². The number of nitrogen functional groups attached to an aromatic ring is 1. The molecule has 6 nitrogen and oxygen atoms in total. The lowest BCUT2D eigenvalue weighted by Crippen LogP contribution is -2.02. The van der Waals surface area contributed by atoms with Crippen molar-refractivity contribution < 1.29 is 4.74 Å². The largest absolute Gasteiger partial charge is 0.479 e. The number of rotatable bonds is 2. The third kappa shape index (κ3) is 1.99. The van der Waals surface area contributed by atoms with Crippen LogP contribution in [0.25, 0.3) is 16.9 Å². The molecule has 102 valence electrons. The van der Waals surface area contributed by atoms with Crippen molar-refractivity contribution in [3.63, 3.8) is 0 Å². The van der Waals surface area contributed by atoms with Crippen LogP contribution in [0, 0.1) is 0 Å². The van der Waals surface area contributed by atoms with E-state index in [4.69, 9.17) is 22.1 Å². The molecular formula is C12H9BrClN5O. The maximum absolute atomic E-state index is 5.99. The van der Waals surface area contributed by atoms with Crippen molar-refractivity contribution in [2.75, 3.05) is 12.8 Å². The summed E-state index contributed by atoms with van der Waals surface area (Å²) in [7, 11) is 1.52. The van der Waals surface area contributed by atoms with E-state index in [0.29, 0.717) is 28.0 Å². The van der Waals surface area contributed by atoms with Gasteiger partial charge in [0.1, 0.15) is 6.33 Å². The van der Waals surface area contributed by atoms with E-state index in [0.717, 1.165) is 10.2 Å². The Morgan fingerprint density at radius 1 is 1.35 bits per heavy atom. The van der Waals surface area contributed by atoms with Gasteiger partial charge in [-0.2, -0.15) is 4.98 Å². The highest BCUT2D eigenvalue weighted by atomic mass is 79.9. The molecule has 8 heteroatoms. The monoisotopic (exact) mass is 353 g/mol. The third-order valence-corrected chi connectivity index (χ3v) is 3.65. The standard InChI is InChI=1S/C12H9BrClN5O/c1-20-11-9-10(16-5-17-11)19(12(15)18-9)8-3-2-6(14)4-7(8)13/h2-5H,1H3,(H2,15,18). The second-order valence-corrected chi connectivity index (χ2v) is 5.25. The van der Waals surface area contributed by atoms with Gasteiger partial charge in [-0.25, -0.2) is 9.97 Å². The maximum atomic E-state index is 5.99. The van der Waals surface area contributed by atoms with Crippen LogP contribution in [0.1, 0.15) is 0 Å². The van der Waals surface area contributed by atoms with Gasteiger partial charge in [0.2, 0.25) is 11.8 Å². The van der Waals surface area contributed by atoms with Crippen LogP contribution in [0.4, 0.5) is 5.95 Å². The lowest BCUT2D eigenvalue weighted by atomic mass is 10.3. The maximum Gasteiger partial charge on any atom is 0.245 e. The van der Waals surface area contributed by atoms with E-state index in [-0.39, 0.29) is 0 Å². The van der Waals surface area contributed by atoms with Crippen LogP contribution in [0.5, 0.6) is 5.88 Å². The van der Waals surface area contributed by atoms with Crippen LogP contribution in [-0.4, -0.2) is 26.6 Å². The average molecular weight is 355 g/mol. The average Bonchev–Trinajstić information content (AvgIpc) is 2.75. The Balaban J connectivity index is 2.34. The first-order valence-corrected chi connectivity index (χ1v) is 6.77. The van der Waals surface area contributed by atoms with Gasteiger partial charge in [0, 0.05) is 9.50 Å². The number of fused-ring (bicyclic) bond motifs is 1. The molecule has 0 atom stereocenters. The van der Waals surface area contributed by atoms with Crippen LogP contribution in [0.3, 0.4) is 0 Å². The molecule has 20 heavy (non-hydrogen) atoms. The Morgan fingerprint density at radius 2 is 2.15 bits per heavy atom. The van der Waals surface area contributed by atoms with E-state index in [1.807, 2.05) is 6.07 Å². The number of ether oxygens (including phenoxy) is 1. The molecule has 3 aromatic rings. The number of nitrogens with two attached hydrogens (primary N) is 1. The van der Waals surface area contributed by atoms with E-state index in [2.05, 4.69) is 30.9 Å². The van der Waals surface area contributed by atoms with E-state index in [1.54, 1.807) is 16.7 Å². The molecule has 2 aromatic heterocycles. The smallest absolute Gasteiger partial charge is 0.245 e. The molecule has 3 rings (SSSR count). The van der Waals surface area contributed by atoms with Crippen molar-refractivity contribution in [1.82, 2.24) is 19.5 Å². The number of imidazole rings is 1. The summed E-state index contributed by atoms with van der Waals surface area (Å²) in [4.78, 5) is 12.5. The first-order valence-electron chi connectivity index (χ1n) is 5.60. The molecule has 0 unspecified atom stereocenters. The van der Waals surface area contributed by atoms with E-state index in [9.17, 15) is 0 Å². The molecule has 1 aromatic carbocycles. The summed E-state index contributed by atoms with van der Waals surface area (Å²) in [5, 5.41) is 0.621. The van der Waals surface area contributed by atoms with Crippen molar-refractivity contribution in [2.24, 2.45) is 0 Å². The van der Waals surface area contributed by atoms with Crippen molar-refractivity contribution >= 4 is 44.6 Å². The molecule has 0 saturated carbocycles. The third-order valence-electron chi connectivity index (χ3n) is 2.78. The van der Waals surface area contributed by atoms with Crippen LogP contribution >= 0.6 is 27.5 Å². The summed E-state index contributed by atoms with van der Waals surface area (Å²) in [5.41, 5.74) is 7.85. The SMILES string of the molecule is COc1ncnc2c1nc(N)n2-c1ccc(Cl)cc1Br. The van der Waals surface area contributed by atoms with Crippen LogP contribution in [-0.2, 0) is 0 Å². The number of hydrogen-bond acceptors (Lipinski definition) is 5. The van der Waals surface area contributed by atoms with Gasteiger partial charge in [0.15, 0.2) is 11.2 Å². The first kappa shape index (κ1) is 13.1. The molecule has 0 aliphatic heterocycles. The first-order chi connectivity index (χ1) is 9.61. The summed E-state index contributed by atoms with van der Waals surface area (Å²) in [5.74, 6) is 0.673. The number of hydrogen-bond donors (Lipinski definition) is 1. The zero-order valence-electron chi connectivity index (χ0n) is 10.3. The van der Waals surface area contributed by atoms with Gasteiger partial charge in [-0.1, -0.05) is 11.6 Å². The molecule has 0 radical (unpaired) electrons. The highest BCUT2D eigenvalue weighted by Gasteiger charge is 2.17. The molecule has 2 N–H and O–H groups in total. The molecule has 0 saturated heterocycles. The molecule has 0 amide bonds. The topological polar surface area (TPSA) is 78.8 Å². The molecule has 0 aliphatic rings. The van der Waals surface area contributed by atoms with Crippen LogP contribution in [0.2, 0.25) is 5.02 Å². The number of anilines is 1. The minimum absolute atomic E-state index is 0.293. The molecule has 0 bridgehead atoms. The molecular weight excluding hydrogens is 346 g/mol. The quantitative estimate of drug-likeness (QED) is 0.765. The Labute approximate surface area is 127 Å². The number of methoxy groups -OCH3 is 1. The lowest BCUT2D eigenvalue weighted by molar-refractivity contribution is 0.401. The summed E-state index contributed by atoms with van der Waals surface area (Å²) >= 11 is 9.41. The summed E-state index contributed by atoms with van der Waals surface area (Å²) in [6, 6.07) is 5.38. The van der Waals surface area contributed by atoms with Gasteiger partial charge < -0.3 is 10.5 Å². The molecule has 0 spiro atoms. The predicted octanol–water partition coefficient (Wildman–Crippen LogP) is 2.82.